The second kappa shape index (κ2) is 8.30. The van der Waals surface area contributed by atoms with Gasteiger partial charge in [0.25, 0.3) is 0 Å². The fourth-order valence-electron chi connectivity index (χ4n) is 3.99. The van der Waals surface area contributed by atoms with E-state index in [0.29, 0.717) is 11.4 Å². The van der Waals surface area contributed by atoms with Gasteiger partial charge in [-0.05, 0) is 37.4 Å². The van der Waals surface area contributed by atoms with Gasteiger partial charge in [0.05, 0.1) is 17.1 Å². The van der Waals surface area contributed by atoms with Crippen LogP contribution in [0.4, 0.5) is 17.6 Å². The molecule has 0 saturated heterocycles. The van der Waals surface area contributed by atoms with Gasteiger partial charge < -0.3 is 0 Å². The molecule has 0 amide bonds. The molecule has 0 aliphatic carbocycles. The smallest absolute Gasteiger partial charge is 0.251 e. The lowest BCUT2D eigenvalue weighted by Crippen LogP contribution is -2.23. The van der Waals surface area contributed by atoms with Crippen LogP contribution in [0.25, 0.3) is 27.8 Å². The van der Waals surface area contributed by atoms with Gasteiger partial charge in [-0.2, -0.15) is 18.3 Å². The summed E-state index contributed by atoms with van der Waals surface area (Å²) in [5.74, 6) is -0.682. The molecule has 0 N–H and O–H groups in total. The summed E-state index contributed by atoms with van der Waals surface area (Å²) in [7, 11) is 0. The van der Waals surface area contributed by atoms with E-state index < -0.39 is 23.1 Å². The molecule has 3 aromatic heterocycles. The molecule has 4 nitrogen and oxygen atoms in total. The van der Waals surface area contributed by atoms with E-state index in [-0.39, 0.29) is 5.82 Å². The van der Waals surface area contributed by atoms with E-state index in [9.17, 15) is 17.6 Å². The molecule has 0 atom stereocenters. The minimum absolute atomic E-state index is 0.0485. The van der Waals surface area contributed by atoms with E-state index >= 15 is 0 Å². The van der Waals surface area contributed by atoms with E-state index in [1.165, 1.54) is 6.07 Å². The van der Waals surface area contributed by atoms with Gasteiger partial charge >= 0.3 is 6.18 Å². The first-order valence-electron chi connectivity index (χ1n) is 10.9. The molecule has 0 bridgehead atoms. The van der Waals surface area contributed by atoms with Crippen molar-refractivity contribution >= 4 is 10.8 Å². The summed E-state index contributed by atoms with van der Waals surface area (Å²) in [4.78, 5) is 9.44. The number of rotatable bonds is 4. The maximum Gasteiger partial charge on any atom is 0.435 e. The fourth-order valence-corrected chi connectivity index (χ4v) is 3.99. The highest BCUT2D eigenvalue weighted by molar-refractivity contribution is 5.95. The van der Waals surface area contributed by atoms with E-state index in [1.807, 2.05) is 74.5 Å². The van der Waals surface area contributed by atoms with E-state index in [2.05, 4.69) is 10.1 Å². The zero-order chi connectivity index (χ0) is 24.8. The second-order valence-electron chi connectivity index (χ2n) is 8.74. The number of alkyl halides is 3. The normalized spacial score (nSPS) is 12.3. The molecule has 0 fully saturated rings. The molecule has 5 aromatic rings. The van der Waals surface area contributed by atoms with Gasteiger partial charge in [0.15, 0.2) is 11.5 Å². The zero-order valence-corrected chi connectivity index (χ0v) is 18.9. The lowest BCUT2D eigenvalue weighted by Gasteiger charge is -2.25. The van der Waals surface area contributed by atoms with Crippen LogP contribution in [0.3, 0.4) is 0 Å². The SMILES string of the molecule is CC(C)(c1cc(F)cc(-n2ccc(C(F)(F)F)n2)n1)c1cc2ccccc2c(-c2ccccc2)n1. The topological polar surface area (TPSA) is 43.6 Å². The van der Waals surface area contributed by atoms with Crippen molar-refractivity contribution in [2.24, 2.45) is 0 Å². The van der Waals surface area contributed by atoms with Crippen LogP contribution in [0.1, 0.15) is 30.9 Å². The largest absolute Gasteiger partial charge is 0.435 e. The highest BCUT2D eigenvalue weighted by atomic mass is 19.4. The summed E-state index contributed by atoms with van der Waals surface area (Å²) in [5.41, 5.74) is 0.738. The Morgan fingerprint density at radius 3 is 2.14 bits per heavy atom. The minimum Gasteiger partial charge on any atom is -0.251 e. The van der Waals surface area contributed by atoms with Crippen LogP contribution >= 0.6 is 0 Å². The summed E-state index contributed by atoms with van der Waals surface area (Å²) >= 11 is 0. The first-order valence-corrected chi connectivity index (χ1v) is 10.9. The van der Waals surface area contributed by atoms with Crippen LogP contribution in [0, 0.1) is 5.82 Å². The van der Waals surface area contributed by atoms with Gasteiger partial charge in [-0.3, -0.25) is 4.98 Å². The Morgan fingerprint density at radius 2 is 1.43 bits per heavy atom. The number of hydrogen-bond acceptors (Lipinski definition) is 3. The first kappa shape index (κ1) is 22.7. The molecule has 0 spiro atoms. The summed E-state index contributed by atoms with van der Waals surface area (Å²) in [6.45, 7) is 3.71. The van der Waals surface area contributed by atoms with Gasteiger partial charge in [-0.15, -0.1) is 0 Å². The average molecular weight is 476 g/mol. The maximum atomic E-state index is 14.7. The van der Waals surface area contributed by atoms with Gasteiger partial charge in [0.1, 0.15) is 5.82 Å². The summed E-state index contributed by atoms with van der Waals surface area (Å²) in [5, 5.41) is 5.47. The van der Waals surface area contributed by atoms with Gasteiger partial charge in [0.2, 0.25) is 0 Å². The molecule has 0 saturated carbocycles. The van der Waals surface area contributed by atoms with Gasteiger partial charge in [0, 0.05) is 28.6 Å². The third-order valence-electron chi connectivity index (χ3n) is 5.96. The Hall–Kier alpha value is -4.07. The van der Waals surface area contributed by atoms with Crippen LogP contribution in [0.15, 0.2) is 85.1 Å². The second-order valence-corrected chi connectivity index (χ2v) is 8.74. The lowest BCUT2D eigenvalue weighted by molar-refractivity contribution is -0.141. The molecule has 8 heteroatoms. The van der Waals surface area contributed by atoms with Crippen LogP contribution in [0.2, 0.25) is 0 Å². The maximum absolute atomic E-state index is 14.7. The first-order chi connectivity index (χ1) is 16.6. The molecule has 3 heterocycles. The third-order valence-corrected chi connectivity index (χ3v) is 5.96. The van der Waals surface area contributed by atoms with Crippen molar-refractivity contribution in [3.05, 3.63) is 108 Å². The molecule has 5 rings (SSSR count). The molecular weight excluding hydrogens is 456 g/mol. The quantitative estimate of drug-likeness (QED) is 0.263. The van der Waals surface area contributed by atoms with Crippen molar-refractivity contribution in [3.63, 3.8) is 0 Å². The number of pyridine rings is 2. The van der Waals surface area contributed by atoms with Crippen molar-refractivity contribution in [1.82, 2.24) is 19.7 Å². The lowest BCUT2D eigenvalue weighted by atomic mass is 9.83. The third kappa shape index (κ3) is 4.27. The van der Waals surface area contributed by atoms with Crippen molar-refractivity contribution in [2.45, 2.75) is 25.4 Å². The predicted molar refractivity (Wildman–Crippen MR) is 126 cm³/mol. The number of halogens is 4. The summed E-state index contributed by atoms with van der Waals surface area (Å²) in [6.07, 6.45) is -3.49. The van der Waals surface area contributed by atoms with Crippen LogP contribution in [0.5, 0.6) is 0 Å². The number of benzene rings is 2. The zero-order valence-electron chi connectivity index (χ0n) is 18.9. The van der Waals surface area contributed by atoms with E-state index in [0.717, 1.165) is 45.0 Å². The highest BCUT2D eigenvalue weighted by Gasteiger charge is 2.34. The fraction of sp³-hybridized carbons (Fsp3) is 0.148. The standard InChI is InChI=1S/C27H20F4N4/c1-26(2,23-15-19(28)16-24(32-23)35-13-12-21(34-35)27(29,30)31)22-14-18-10-6-7-11-20(18)25(33-22)17-8-4-3-5-9-17/h3-16H,1-2H3. The molecule has 176 valence electrons. The summed E-state index contributed by atoms with van der Waals surface area (Å²) < 4.78 is 54.6. The Kier molecular flexibility index (Phi) is 5.39. The van der Waals surface area contributed by atoms with E-state index in [1.54, 1.807) is 0 Å². The Balaban J connectivity index is 1.65. The molecule has 35 heavy (non-hydrogen) atoms. The molecule has 0 radical (unpaired) electrons. The average Bonchev–Trinajstić information content (AvgIpc) is 3.35. The van der Waals surface area contributed by atoms with Crippen molar-refractivity contribution < 1.29 is 17.6 Å². The van der Waals surface area contributed by atoms with Gasteiger partial charge in [-0.25, -0.2) is 14.1 Å². The minimum atomic E-state index is -4.61. The number of aromatic nitrogens is 4. The monoisotopic (exact) mass is 476 g/mol. The number of fused-ring (bicyclic) bond motifs is 1. The molecular formula is C27H20F4N4. The summed E-state index contributed by atoms with van der Waals surface area (Å²) in [6, 6.07) is 22.7. The van der Waals surface area contributed by atoms with Crippen molar-refractivity contribution in [3.8, 4) is 17.1 Å². The van der Waals surface area contributed by atoms with Crippen LogP contribution < -0.4 is 0 Å². The molecule has 0 unspecified atom stereocenters. The molecule has 2 aromatic carbocycles. The predicted octanol–water partition coefficient (Wildman–Crippen LogP) is 6.97. The number of nitrogens with zero attached hydrogens (tertiary/aromatic N) is 4. The van der Waals surface area contributed by atoms with E-state index in [4.69, 9.17) is 4.98 Å². The Bertz CT molecular complexity index is 1520. The van der Waals surface area contributed by atoms with Crippen LogP contribution in [-0.2, 0) is 11.6 Å². The van der Waals surface area contributed by atoms with Crippen LogP contribution in [-0.4, -0.2) is 19.7 Å². The molecule has 0 aliphatic rings. The Morgan fingerprint density at radius 1 is 0.743 bits per heavy atom. The Labute approximate surface area is 198 Å². The highest BCUT2D eigenvalue weighted by Crippen LogP contribution is 2.35. The van der Waals surface area contributed by atoms with Gasteiger partial charge in [-0.1, -0.05) is 54.6 Å². The van der Waals surface area contributed by atoms with Crippen molar-refractivity contribution in [2.75, 3.05) is 0 Å². The van der Waals surface area contributed by atoms with Crippen molar-refractivity contribution in [1.29, 1.82) is 0 Å². The molecule has 0 aliphatic heterocycles. The number of hydrogen-bond donors (Lipinski definition) is 0.